The Kier molecular flexibility index (Phi) is 7.27. The number of hydrogen-bond donors (Lipinski definition) is 1. The molecule has 0 fully saturated rings. The minimum Gasteiger partial charge on any atom is -0.449 e. The van der Waals surface area contributed by atoms with Crippen LogP contribution in [0.1, 0.15) is 48.3 Å². The molecule has 2 rings (SSSR count). The lowest BCUT2D eigenvalue weighted by atomic mass is 10.2. The van der Waals surface area contributed by atoms with Gasteiger partial charge in [-0.2, -0.15) is 5.10 Å². The molecular weight excluding hydrogens is 389 g/mol. The van der Waals surface area contributed by atoms with Gasteiger partial charge in [-0.3, -0.25) is 9.48 Å². The zero-order chi connectivity index (χ0) is 20.1. The highest BCUT2D eigenvalue weighted by atomic mass is 35.5. The van der Waals surface area contributed by atoms with Crippen LogP contribution in [0.3, 0.4) is 0 Å². The molecule has 0 aliphatic carbocycles. The number of carbonyl (C=O) groups excluding carboxylic acids is 2. The van der Waals surface area contributed by atoms with Gasteiger partial charge in [-0.25, -0.2) is 4.79 Å². The number of aromatic nitrogens is 2. The van der Waals surface area contributed by atoms with Crippen LogP contribution in [0.2, 0.25) is 10.2 Å². The van der Waals surface area contributed by atoms with Crippen molar-refractivity contribution in [3.63, 3.8) is 0 Å². The molecule has 27 heavy (non-hydrogen) atoms. The van der Waals surface area contributed by atoms with Crippen LogP contribution in [0.25, 0.3) is 0 Å². The molecule has 1 heterocycles. The van der Waals surface area contributed by atoms with E-state index >= 15 is 0 Å². The van der Waals surface area contributed by atoms with E-state index in [4.69, 9.17) is 27.9 Å². The summed E-state index contributed by atoms with van der Waals surface area (Å²) in [6.45, 7) is 7.65. The predicted octanol–water partition coefficient (Wildman–Crippen LogP) is 4.79. The minimum absolute atomic E-state index is 0.186. The van der Waals surface area contributed by atoms with Crippen molar-refractivity contribution < 1.29 is 14.3 Å². The van der Waals surface area contributed by atoms with Crippen molar-refractivity contribution in [3.05, 3.63) is 45.2 Å². The third-order valence-electron chi connectivity index (χ3n) is 4.17. The van der Waals surface area contributed by atoms with Crippen LogP contribution in [0.15, 0.2) is 18.2 Å². The Labute approximate surface area is 168 Å². The summed E-state index contributed by atoms with van der Waals surface area (Å²) in [7, 11) is 0. The summed E-state index contributed by atoms with van der Waals surface area (Å²) in [4.78, 5) is 24.9. The smallest absolute Gasteiger partial charge is 0.343 e. The van der Waals surface area contributed by atoms with Gasteiger partial charge >= 0.3 is 5.97 Å². The van der Waals surface area contributed by atoms with Gasteiger partial charge < -0.3 is 10.1 Å². The molecule has 1 amide bonds. The van der Waals surface area contributed by atoms with Crippen LogP contribution in [0, 0.1) is 13.8 Å². The lowest BCUT2D eigenvalue weighted by Gasteiger charge is -2.15. The number of amides is 1. The number of rotatable bonds is 7. The first-order valence-corrected chi connectivity index (χ1v) is 9.51. The summed E-state index contributed by atoms with van der Waals surface area (Å²) in [5, 5.41) is 7.76. The molecule has 0 unspecified atom stereocenters. The molecule has 1 aromatic heterocycles. The molecule has 0 saturated heterocycles. The quantitative estimate of drug-likeness (QED) is 0.664. The van der Waals surface area contributed by atoms with Crippen LogP contribution in [-0.2, 0) is 16.1 Å². The highest BCUT2D eigenvalue weighted by Crippen LogP contribution is 2.24. The van der Waals surface area contributed by atoms with Crippen molar-refractivity contribution >= 4 is 40.8 Å². The van der Waals surface area contributed by atoms with Gasteiger partial charge in [0.15, 0.2) is 6.10 Å². The number of nitrogens with one attached hydrogen (secondary N) is 1. The molecule has 8 heteroatoms. The number of carbonyl (C=O) groups is 2. The van der Waals surface area contributed by atoms with Crippen molar-refractivity contribution in [2.75, 3.05) is 5.32 Å². The topological polar surface area (TPSA) is 73.2 Å². The number of ether oxygens (including phenoxy) is 1. The van der Waals surface area contributed by atoms with E-state index in [1.807, 2.05) is 0 Å². The van der Waals surface area contributed by atoms with E-state index in [0.29, 0.717) is 22.9 Å². The van der Waals surface area contributed by atoms with Crippen molar-refractivity contribution in [3.8, 4) is 0 Å². The molecule has 0 spiro atoms. The van der Waals surface area contributed by atoms with Gasteiger partial charge in [0.05, 0.1) is 5.69 Å². The lowest BCUT2D eigenvalue weighted by molar-refractivity contribution is -0.123. The second kappa shape index (κ2) is 9.24. The average molecular weight is 412 g/mol. The van der Waals surface area contributed by atoms with Gasteiger partial charge in [0.25, 0.3) is 5.91 Å². The van der Waals surface area contributed by atoms with E-state index in [0.717, 1.165) is 18.4 Å². The molecule has 146 valence electrons. The van der Waals surface area contributed by atoms with Gasteiger partial charge in [-0.05, 0) is 44.9 Å². The zero-order valence-corrected chi connectivity index (χ0v) is 17.3. The Morgan fingerprint density at radius 1 is 1.30 bits per heavy atom. The fraction of sp³-hybridized carbons (Fsp3) is 0.421. The monoisotopic (exact) mass is 411 g/mol. The number of aryl methyl sites for hydroxylation is 2. The predicted molar refractivity (Wildman–Crippen MR) is 107 cm³/mol. The Hall–Kier alpha value is -2.05. The molecule has 0 bridgehead atoms. The molecule has 0 saturated carbocycles. The number of halogens is 2. The second-order valence-corrected chi connectivity index (χ2v) is 7.04. The highest BCUT2D eigenvalue weighted by molar-refractivity contribution is 6.33. The third-order valence-corrected chi connectivity index (χ3v) is 4.97. The van der Waals surface area contributed by atoms with E-state index in [1.54, 1.807) is 36.7 Å². The van der Waals surface area contributed by atoms with Gasteiger partial charge in [-0.1, -0.05) is 42.6 Å². The van der Waals surface area contributed by atoms with Crippen LogP contribution in [-0.4, -0.2) is 27.8 Å². The summed E-state index contributed by atoms with van der Waals surface area (Å²) in [5.74, 6) is -1.13. The number of esters is 1. The maximum Gasteiger partial charge on any atom is 0.343 e. The number of nitrogens with zero attached hydrogens (tertiary/aromatic N) is 2. The fourth-order valence-corrected chi connectivity index (χ4v) is 3.00. The number of benzene rings is 1. The van der Waals surface area contributed by atoms with Gasteiger partial charge in [-0.15, -0.1) is 0 Å². The van der Waals surface area contributed by atoms with E-state index < -0.39 is 18.0 Å². The van der Waals surface area contributed by atoms with E-state index in [2.05, 4.69) is 17.3 Å². The largest absolute Gasteiger partial charge is 0.449 e. The molecule has 0 aliphatic heterocycles. The molecule has 1 atom stereocenters. The first-order chi connectivity index (χ1) is 12.8. The lowest BCUT2D eigenvalue weighted by Crippen LogP contribution is -2.30. The summed E-state index contributed by atoms with van der Waals surface area (Å²) in [5.41, 5.74) is 1.96. The molecule has 1 aromatic carbocycles. The second-order valence-electron chi connectivity index (χ2n) is 6.28. The van der Waals surface area contributed by atoms with Crippen molar-refractivity contribution in [1.82, 2.24) is 9.78 Å². The van der Waals surface area contributed by atoms with E-state index in [-0.39, 0.29) is 10.7 Å². The van der Waals surface area contributed by atoms with Crippen molar-refractivity contribution in [2.45, 2.75) is 53.2 Å². The Balaban J connectivity index is 2.08. The molecule has 6 nitrogen and oxygen atoms in total. The summed E-state index contributed by atoms with van der Waals surface area (Å²) >= 11 is 12.3. The molecular formula is C19H23Cl2N3O3. The summed E-state index contributed by atoms with van der Waals surface area (Å²) in [6, 6.07) is 5.19. The SMILES string of the molecule is CCCCn1nc(C)c(C(=O)O[C@@H](C)C(=O)Nc2cccc(Cl)c2C)c1Cl. The Morgan fingerprint density at radius 3 is 2.67 bits per heavy atom. The van der Waals surface area contributed by atoms with Crippen LogP contribution >= 0.6 is 23.2 Å². The van der Waals surface area contributed by atoms with Crippen LogP contribution in [0.4, 0.5) is 5.69 Å². The first-order valence-electron chi connectivity index (χ1n) is 8.76. The number of hydrogen-bond acceptors (Lipinski definition) is 4. The van der Waals surface area contributed by atoms with Gasteiger partial charge in [0, 0.05) is 17.3 Å². The Bertz CT molecular complexity index is 849. The molecule has 0 radical (unpaired) electrons. The van der Waals surface area contributed by atoms with Crippen molar-refractivity contribution in [2.24, 2.45) is 0 Å². The maximum absolute atomic E-state index is 12.5. The minimum atomic E-state index is -1.01. The molecule has 1 N–H and O–H groups in total. The average Bonchev–Trinajstić information content (AvgIpc) is 2.90. The Morgan fingerprint density at radius 2 is 2.00 bits per heavy atom. The number of anilines is 1. The fourth-order valence-electron chi connectivity index (χ4n) is 2.49. The van der Waals surface area contributed by atoms with Crippen molar-refractivity contribution in [1.29, 1.82) is 0 Å². The number of unbranched alkanes of at least 4 members (excludes halogenated alkanes) is 1. The highest BCUT2D eigenvalue weighted by Gasteiger charge is 2.26. The molecule has 2 aromatic rings. The standard InChI is InChI=1S/C19H23Cl2N3O3/c1-5-6-10-24-17(21)16(12(3)23-24)19(26)27-13(4)18(25)22-15-9-7-8-14(20)11(15)2/h7-9,13H,5-6,10H2,1-4H3,(H,22,25)/t13-/m0/s1. The maximum atomic E-state index is 12.5. The van der Waals surface area contributed by atoms with E-state index in [1.165, 1.54) is 6.92 Å². The van der Waals surface area contributed by atoms with Gasteiger partial charge in [0.1, 0.15) is 10.7 Å². The van der Waals surface area contributed by atoms with E-state index in [9.17, 15) is 9.59 Å². The zero-order valence-electron chi connectivity index (χ0n) is 15.8. The van der Waals surface area contributed by atoms with Crippen LogP contribution in [0.5, 0.6) is 0 Å². The van der Waals surface area contributed by atoms with Crippen LogP contribution < -0.4 is 5.32 Å². The molecule has 0 aliphatic rings. The third kappa shape index (κ3) is 5.02. The summed E-state index contributed by atoms with van der Waals surface area (Å²) in [6.07, 6.45) is 0.868. The van der Waals surface area contributed by atoms with Gasteiger partial charge in [0.2, 0.25) is 0 Å². The normalized spacial score (nSPS) is 11.9. The first kappa shape index (κ1) is 21.3. The summed E-state index contributed by atoms with van der Waals surface area (Å²) < 4.78 is 6.88.